The van der Waals surface area contributed by atoms with Gasteiger partial charge in [-0.3, -0.25) is 9.59 Å². The van der Waals surface area contributed by atoms with Gasteiger partial charge in [-0.1, -0.05) is 76.6 Å². The number of benzene rings is 1. The minimum Gasteiger partial charge on any atom is -0.481 e. The fourth-order valence-corrected chi connectivity index (χ4v) is 4.65. The molecule has 0 saturated carbocycles. The summed E-state index contributed by atoms with van der Waals surface area (Å²) in [5, 5.41) is 19.6. The predicted molar refractivity (Wildman–Crippen MR) is 110 cm³/mol. The Bertz CT molecular complexity index is 888. The molecule has 0 saturated heterocycles. The average Bonchev–Trinajstić information content (AvgIpc) is 2.64. The number of carboxylic acids is 2. The van der Waals surface area contributed by atoms with Crippen molar-refractivity contribution in [2.75, 3.05) is 0 Å². The van der Waals surface area contributed by atoms with Gasteiger partial charge in [0.15, 0.2) is 0 Å². The van der Waals surface area contributed by atoms with Crippen LogP contribution in [0.25, 0.3) is 0 Å². The molecule has 2 aliphatic rings. The number of carbonyl (C=O) groups is 2. The lowest BCUT2D eigenvalue weighted by atomic mass is 9.61. The largest absolute Gasteiger partial charge is 0.481 e. The van der Waals surface area contributed by atoms with Crippen LogP contribution >= 0.6 is 0 Å². The van der Waals surface area contributed by atoms with E-state index in [1.54, 1.807) is 12.2 Å². The maximum atomic E-state index is 12.4. The topological polar surface area (TPSA) is 74.6 Å². The summed E-state index contributed by atoms with van der Waals surface area (Å²) in [6, 6.07) is 6.03. The van der Waals surface area contributed by atoms with E-state index in [9.17, 15) is 19.8 Å². The van der Waals surface area contributed by atoms with E-state index in [1.165, 1.54) is 17.2 Å². The number of hydrogen-bond donors (Lipinski definition) is 2. The molecule has 3 rings (SSSR count). The summed E-state index contributed by atoms with van der Waals surface area (Å²) >= 11 is 0. The summed E-state index contributed by atoms with van der Waals surface area (Å²) in [5.41, 5.74) is 2.49. The van der Waals surface area contributed by atoms with Gasteiger partial charge in [0.1, 0.15) is 5.41 Å². The van der Waals surface area contributed by atoms with E-state index in [1.807, 2.05) is 19.1 Å². The molecule has 2 aliphatic carbocycles. The first kappa shape index (κ1) is 20.4. The summed E-state index contributed by atoms with van der Waals surface area (Å²) in [6.45, 7) is 10.8. The Morgan fingerprint density at radius 2 is 1.64 bits per heavy atom. The van der Waals surface area contributed by atoms with Gasteiger partial charge in [0.05, 0.1) is 5.92 Å². The highest BCUT2D eigenvalue weighted by molar-refractivity contribution is 5.89. The molecule has 0 spiro atoms. The van der Waals surface area contributed by atoms with E-state index in [4.69, 9.17) is 0 Å². The second-order valence-electron chi connectivity index (χ2n) is 9.45. The summed E-state index contributed by atoms with van der Waals surface area (Å²) in [5.74, 6) is -2.69. The maximum Gasteiger partial charge on any atom is 0.321 e. The van der Waals surface area contributed by atoms with Gasteiger partial charge in [0.2, 0.25) is 0 Å². The normalized spacial score (nSPS) is 27.6. The van der Waals surface area contributed by atoms with Crippen LogP contribution in [-0.2, 0) is 25.8 Å². The Balaban J connectivity index is 2.21. The molecule has 0 heterocycles. The first-order chi connectivity index (χ1) is 12.9. The molecule has 4 nitrogen and oxygen atoms in total. The van der Waals surface area contributed by atoms with Crippen molar-refractivity contribution in [1.82, 2.24) is 0 Å². The monoisotopic (exact) mass is 382 g/mol. The quantitative estimate of drug-likeness (QED) is 0.722. The smallest absolute Gasteiger partial charge is 0.321 e. The minimum atomic E-state index is -1.33. The van der Waals surface area contributed by atoms with Crippen molar-refractivity contribution in [3.63, 3.8) is 0 Å². The van der Waals surface area contributed by atoms with Gasteiger partial charge in [0, 0.05) is 0 Å². The van der Waals surface area contributed by atoms with E-state index in [0.29, 0.717) is 17.6 Å². The number of aliphatic carboxylic acids is 2. The molecule has 4 heteroatoms. The molecule has 2 atom stereocenters. The molecule has 28 heavy (non-hydrogen) atoms. The van der Waals surface area contributed by atoms with Crippen molar-refractivity contribution in [2.45, 2.75) is 70.1 Å². The molecule has 0 amide bonds. The van der Waals surface area contributed by atoms with Gasteiger partial charge in [-0.05, 0) is 46.8 Å². The van der Waals surface area contributed by atoms with Crippen LogP contribution in [0, 0.1) is 5.92 Å². The molecule has 0 aliphatic heterocycles. The summed E-state index contributed by atoms with van der Waals surface area (Å²) in [7, 11) is 0. The second kappa shape index (κ2) is 6.61. The van der Waals surface area contributed by atoms with Crippen molar-refractivity contribution in [1.29, 1.82) is 0 Å². The zero-order chi connectivity index (χ0) is 20.9. The minimum absolute atomic E-state index is 0.0279. The Hall–Kier alpha value is -2.36. The zero-order valence-corrected chi connectivity index (χ0v) is 17.4. The van der Waals surface area contributed by atoms with Crippen molar-refractivity contribution in [2.24, 2.45) is 5.92 Å². The Labute approximate surface area is 167 Å². The van der Waals surface area contributed by atoms with E-state index in [-0.39, 0.29) is 10.8 Å². The average molecular weight is 383 g/mol. The van der Waals surface area contributed by atoms with Crippen LogP contribution in [0.5, 0.6) is 0 Å². The SMILES string of the molecule is CCC1=CC(C(=O)O)(c2ccc3c(c2)C(C)(C)CCC3(C)C)C=CC1C(=O)O. The summed E-state index contributed by atoms with van der Waals surface area (Å²) in [6.07, 6.45) is 7.37. The lowest BCUT2D eigenvalue weighted by molar-refractivity contribution is -0.141. The number of carboxylic acid groups (broad SMARTS) is 2. The number of rotatable bonds is 4. The summed E-state index contributed by atoms with van der Waals surface area (Å²) in [4.78, 5) is 24.0. The molecule has 2 N–H and O–H groups in total. The molecule has 1 aromatic carbocycles. The van der Waals surface area contributed by atoms with Gasteiger partial charge in [-0.15, -0.1) is 0 Å². The molecular weight excluding hydrogens is 352 g/mol. The van der Waals surface area contributed by atoms with Crippen molar-refractivity contribution in [3.05, 3.63) is 58.7 Å². The maximum absolute atomic E-state index is 12.4. The van der Waals surface area contributed by atoms with Crippen LogP contribution in [-0.4, -0.2) is 22.2 Å². The lowest BCUT2D eigenvalue weighted by Gasteiger charge is -2.42. The van der Waals surface area contributed by atoms with Gasteiger partial charge in [-0.25, -0.2) is 0 Å². The van der Waals surface area contributed by atoms with Crippen molar-refractivity contribution in [3.8, 4) is 0 Å². The standard InChI is InChI=1S/C24H30O4/c1-6-15-14-24(21(27)28,10-9-17(15)20(25)26)16-7-8-18-19(13-16)23(4,5)12-11-22(18,2)3/h7-10,13-14,17H,6,11-12H2,1-5H3,(H,25,26)(H,27,28). The molecule has 1 aromatic rings. The second-order valence-corrected chi connectivity index (χ2v) is 9.45. The zero-order valence-electron chi connectivity index (χ0n) is 17.4. The molecular formula is C24H30O4. The highest BCUT2D eigenvalue weighted by Gasteiger charge is 2.43. The number of fused-ring (bicyclic) bond motifs is 1. The van der Waals surface area contributed by atoms with E-state index in [2.05, 4.69) is 33.8 Å². The van der Waals surface area contributed by atoms with E-state index >= 15 is 0 Å². The van der Waals surface area contributed by atoms with E-state index < -0.39 is 23.3 Å². The van der Waals surface area contributed by atoms with Crippen LogP contribution in [0.15, 0.2) is 42.0 Å². The highest BCUT2D eigenvalue weighted by atomic mass is 16.4. The van der Waals surface area contributed by atoms with Crippen LogP contribution < -0.4 is 0 Å². The van der Waals surface area contributed by atoms with Crippen LogP contribution in [0.2, 0.25) is 0 Å². The third-order valence-corrected chi connectivity index (χ3v) is 6.72. The van der Waals surface area contributed by atoms with E-state index in [0.717, 1.165) is 12.8 Å². The molecule has 0 radical (unpaired) electrons. The number of hydrogen-bond acceptors (Lipinski definition) is 2. The third kappa shape index (κ3) is 3.09. The molecule has 2 unspecified atom stereocenters. The Morgan fingerprint density at radius 3 is 2.18 bits per heavy atom. The Kier molecular flexibility index (Phi) is 4.81. The fourth-order valence-electron chi connectivity index (χ4n) is 4.65. The van der Waals surface area contributed by atoms with Crippen LogP contribution in [0.4, 0.5) is 0 Å². The van der Waals surface area contributed by atoms with Crippen LogP contribution in [0.3, 0.4) is 0 Å². The van der Waals surface area contributed by atoms with Crippen LogP contribution in [0.1, 0.15) is 70.6 Å². The third-order valence-electron chi connectivity index (χ3n) is 6.72. The first-order valence-corrected chi connectivity index (χ1v) is 9.97. The fraction of sp³-hybridized carbons (Fsp3) is 0.500. The van der Waals surface area contributed by atoms with Gasteiger partial charge in [0.25, 0.3) is 0 Å². The van der Waals surface area contributed by atoms with Gasteiger partial charge >= 0.3 is 11.9 Å². The molecule has 0 aromatic heterocycles. The first-order valence-electron chi connectivity index (χ1n) is 9.97. The molecule has 0 bridgehead atoms. The lowest BCUT2D eigenvalue weighted by Crippen LogP contribution is -2.38. The van der Waals surface area contributed by atoms with Crippen molar-refractivity contribution >= 4 is 11.9 Å². The highest BCUT2D eigenvalue weighted by Crippen LogP contribution is 2.47. The molecule has 150 valence electrons. The molecule has 0 fully saturated rings. The summed E-state index contributed by atoms with van der Waals surface area (Å²) < 4.78 is 0. The van der Waals surface area contributed by atoms with Crippen molar-refractivity contribution < 1.29 is 19.8 Å². The predicted octanol–water partition coefficient (Wildman–Crippen LogP) is 4.97. The van der Waals surface area contributed by atoms with Gasteiger partial charge < -0.3 is 10.2 Å². The Morgan fingerprint density at radius 1 is 1.04 bits per heavy atom. The van der Waals surface area contributed by atoms with Gasteiger partial charge in [-0.2, -0.15) is 0 Å².